The minimum Gasteiger partial charge on any atom is -0.497 e. The predicted octanol–water partition coefficient (Wildman–Crippen LogP) is 6.30. The highest BCUT2D eigenvalue weighted by molar-refractivity contribution is 6.33. The zero-order valence-corrected chi connectivity index (χ0v) is 18.1. The van der Waals surface area contributed by atoms with Crippen LogP contribution in [0.25, 0.3) is 22.3 Å². The fraction of sp³-hybridized carbons (Fsp3) is 0.0833. The number of esters is 1. The van der Waals surface area contributed by atoms with Gasteiger partial charge in [-0.1, -0.05) is 41.4 Å². The Morgan fingerprint density at radius 2 is 1.74 bits per heavy atom. The Morgan fingerprint density at radius 1 is 0.968 bits per heavy atom. The first-order valence-corrected chi connectivity index (χ1v) is 10.0. The molecule has 0 aliphatic rings. The van der Waals surface area contributed by atoms with Gasteiger partial charge in [-0.05, 0) is 55.0 Å². The van der Waals surface area contributed by atoms with Gasteiger partial charge in [0.25, 0.3) is 0 Å². The Balaban J connectivity index is 1.93. The average molecular weight is 455 g/mol. The minimum absolute atomic E-state index is 0.0565. The van der Waals surface area contributed by atoms with Crippen molar-refractivity contribution in [2.45, 2.75) is 6.92 Å². The highest BCUT2D eigenvalue weighted by Gasteiger charge is 2.23. The van der Waals surface area contributed by atoms with Crippen molar-refractivity contribution < 1.29 is 18.7 Å². The van der Waals surface area contributed by atoms with Crippen LogP contribution in [0, 0.1) is 6.92 Å². The second-order valence-electron chi connectivity index (χ2n) is 6.79. The minimum atomic E-state index is -0.739. The van der Waals surface area contributed by atoms with Crippen molar-refractivity contribution in [1.29, 1.82) is 0 Å². The summed E-state index contributed by atoms with van der Waals surface area (Å²) >= 11 is 12.5. The third-order valence-corrected chi connectivity index (χ3v) is 5.49. The SMILES string of the molecule is COc1cccc(C(=O)Oc2c(-c3ccccc3Cl)oc3cc(C)c(Cl)cc3c2=O)c1. The lowest BCUT2D eigenvalue weighted by molar-refractivity contribution is 0.0731. The number of carbonyl (C=O) groups is 1. The molecule has 4 aromatic rings. The third kappa shape index (κ3) is 4.02. The molecule has 7 heteroatoms. The second kappa shape index (κ2) is 8.46. The molecule has 0 amide bonds. The van der Waals surface area contributed by atoms with Gasteiger partial charge >= 0.3 is 5.97 Å². The maximum atomic E-state index is 13.3. The fourth-order valence-corrected chi connectivity index (χ4v) is 3.50. The van der Waals surface area contributed by atoms with E-state index in [1.54, 1.807) is 55.5 Å². The van der Waals surface area contributed by atoms with Gasteiger partial charge in [-0.15, -0.1) is 0 Å². The standard InChI is InChI=1S/C24H16Cl2O5/c1-13-10-20-17(12-19(13)26)21(27)23(22(30-20)16-8-3-4-9-18(16)25)31-24(28)14-6-5-7-15(11-14)29-2/h3-12H,1-2H3. The highest BCUT2D eigenvalue weighted by atomic mass is 35.5. The summed E-state index contributed by atoms with van der Waals surface area (Å²) in [6.07, 6.45) is 0. The van der Waals surface area contributed by atoms with Crippen molar-refractivity contribution in [3.63, 3.8) is 0 Å². The van der Waals surface area contributed by atoms with E-state index in [1.807, 2.05) is 0 Å². The number of hydrogen-bond acceptors (Lipinski definition) is 5. The van der Waals surface area contributed by atoms with Crippen molar-refractivity contribution >= 4 is 40.1 Å². The van der Waals surface area contributed by atoms with E-state index in [0.29, 0.717) is 26.9 Å². The molecule has 0 spiro atoms. The van der Waals surface area contributed by atoms with Gasteiger partial charge in [-0.2, -0.15) is 0 Å². The molecule has 0 saturated heterocycles. The van der Waals surface area contributed by atoms with Gasteiger partial charge in [0, 0.05) is 10.6 Å². The molecule has 0 aliphatic heterocycles. The molecule has 0 atom stereocenters. The maximum absolute atomic E-state index is 13.3. The van der Waals surface area contributed by atoms with Crippen LogP contribution in [0.3, 0.4) is 0 Å². The molecule has 3 aromatic carbocycles. The Kier molecular flexibility index (Phi) is 5.72. The number of hydrogen-bond donors (Lipinski definition) is 0. The molecule has 156 valence electrons. The summed E-state index contributed by atoms with van der Waals surface area (Å²) in [6.45, 7) is 1.80. The molecule has 5 nitrogen and oxygen atoms in total. The Morgan fingerprint density at radius 3 is 2.48 bits per heavy atom. The number of fused-ring (bicyclic) bond motifs is 1. The van der Waals surface area contributed by atoms with Gasteiger partial charge in [0.1, 0.15) is 11.3 Å². The molecule has 0 fully saturated rings. The molecule has 31 heavy (non-hydrogen) atoms. The number of ether oxygens (including phenoxy) is 2. The van der Waals surface area contributed by atoms with E-state index in [4.69, 9.17) is 37.1 Å². The molecule has 0 unspecified atom stereocenters. The number of benzene rings is 3. The van der Waals surface area contributed by atoms with Crippen LogP contribution in [-0.2, 0) is 0 Å². The third-order valence-electron chi connectivity index (χ3n) is 4.75. The second-order valence-corrected chi connectivity index (χ2v) is 7.60. The number of aryl methyl sites for hydroxylation is 1. The molecular formula is C24H16Cl2O5. The van der Waals surface area contributed by atoms with Crippen molar-refractivity contribution in [1.82, 2.24) is 0 Å². The lowest BCUT2D eigenvalue weighted by Gasteiger charge is -2.12. The Labute approximate surface area is 187 Å². The zero-order valence-electron chi connectivity index (χ0n) is 16.6. The van der Waals surface area contributed by atoms with E-state index < -0.39 is 11.4 Å². The van der Waals surface area contributed by atoms with Crippen LogP contribution in [0.15, 0.2) is 69.9 Å². The quantitative estimate of drug-likeness (QED) is 0.338. The Bertz CT molecular complexity index is 1370. The topological polar surface area (TPSA) is 65.7 Å². The molecular weight excluding hydrogens is 439 g/mol. The average Bonchev–Trinajstić information content (AvgIpc) is 2.77. The summed E-state index contributed by atoms with van der Waals surface area (Å²) in [5, 5.41) is 0.935. The smallest absolute Gasteiger partial charge is 0.343 e. The monoisotopic (exact) mass is 454 g/mol. The van der Waals surface area contributed by atoms with Gasteiger partial charge in [-0.25, -0.2) is 4.79 Å². The fourth-order valence-electron chi connectivity index (χ4n) is 3.12. The number of carbonyl (C=O) groups excluding carboxylic acids is 1. The first-order chi connectivity index (χ1) is 14.9. The molecule has 1 aromatic heterocycles. The van der Waals surface area contributed by atoms with Crippen LogP contribution in [0.2, 0.25) is 10.0 Å². The number of halogens is 2. The van der Waals surface area contributed by atoms with Crippen LogP contribution >= 0.6 is 23.2 Å². The molecule has 0 saturated carbocycles. The van der Waals surface area contributed by atoms with Crippen molar-refractivity contribution in [2.75, 3.05) is 7.11 Å². The van der Waals surface area contributed by atoms with E-state index in [9.17, 15) is 9.59 Å². The summed E-state index contributed by atoms with van der Waals surface area (Å²) in [5.41, 5.74) is 1.15. The molecule has 0 N–H and O–H groups in total. The maximum Gasteiger partial charge on any atom is 0.343 e. The van der Waals surface area contributed by atoms with Gasteiger partial charge < -0.3 is 13.9 Å². The molecule has 1 heterocycles. The summed E-state index contributed by atoms with van der Waals surface area (Å²) in [5.74, 6) is -0.472. The van der Waals surface area contributed by atoms with Gasteiger partial charge in [-0.3, -0.25) is 4.79 Å². The largest absolute Gasteiger partial charge is 0.497 e. The molecule has 4 rings (SSSR count). The van der Waals surface area contributed by atoms with Crippen LogP contribution in [0.5, 0.6) is 11.5 Å². The van der Waals surface area contributed by atoms with Crippen LogP contribution in [-0.4, -0.2) is 13.1 Å². The van der Waals surface area contributed by atoms with Crippen molar-refractivity contribution in [3.05, 3.63) is 92.1 Å². The van der Waals surface area contributed by atoms with Crippen LogP contribution in [0.1, 0.15) is 15.9 Å². The van der Waals surface area contributed by atoms with Gasteiger partial charge in [0.15, 0.2) is 5.76 Å². The van der Waals surface area contributed by atoms with Gasteiger partial charge in [0.2, 0.25) is 11.2 Å². The van der Waals surface area contributed by atoms with E-state index in [0.717, 1.165) is 5.56 Å². The number of methoxy groups -OCH3 is 1. The van der Waals surface area contributed by atoms with E-state index in [2.05, 4.69) is 0 Å². The predicted molar refractivity (Wildman–Crippen MR) is 121 cm³/mol. The van der Waals surface area contributed by atoms with E-state index in [-0.39, 0.29) is 22.5 Å². The lowest BCUT2D eigenvalue weighted by Crippen LogP contribution is -2.16. The number of rotatable bonds is 4. The van der Waals surface area contributed by atoms with Crippen molar-refractivity contribution in [3.8, 4) is 22.8 Å². The Hall–Kier alpha value is -3.28. The van der Waals surface area contributed by atoms with Crippen LogP contribution in [0.4, 0.5) is 0 Å². The van der Waals surface area contributed by atoms with Crippen LogP contribution < -0.4 is 14.9 Å². The van der Waals surface area contributed by atoms with E-state index in [1.165, 1.54) is 19.2 Å². The molecule has 0 aliphatic carbocycles. The molecule has 0 radical (unpaired) electrons. The normalized spacial score (nSPS) is 10.8. The summed E-state index contributed by atoms with van der Waals surface area (Å²) < 4.78 is 16.7. The first kappa shape index (κ1) is 21.0. The summed E-state index contributed by atoms with van der Waals surface area (Å²) in [4.78, 5) is 26.2. The van der Waals surface area contributed by atoms with Gasteiger partial charge in [0.05, 0.1) is 23.1 Å². The zero-order chi connectivity index (χ0) is 22.1. The summed E-state index contributed by atoms with van der Waals surface area (Å²) in [7, 11) is 1.49. The lowest BCUT2D eigenvalue weighted by atomic mass is 10.1. The first-order valence-electron chi connectivity index (χ1n) is 9.27. The summed E-state index contributed by atoms with van der Waals surface area (Å²) in [6, 6.07) is 16.4. The van der Waals surface area contributed by atoms with E-state index >= 15 is 0 Å². The molecule has 0 bridgehead atoms. The highest BCUT2D eigenvalue weighted by Crippen LogP contribution is 2.36. The van der Waals surface area contributed by atoms with Crippen molar-refractivity contribution in [2.24, 2.45) is 0 Å².